The number of halogens is 3. The van der Waals surface area contributed by atoms with Gasteiger partial charge in [-0.05, 0) is 74.0 Å². The maximum absolute atomic E-state index is 9.43. The lowest BCUT2D eigenvalue weighted by Gasteiger charge is -2.19. The molecule has 28 heavy (non-hydrogen) atoms. The lowest BCUT2D eigenvalue weighted by atomic mass is 10.3. The van der Waals surface area contributed by atoms with Gasteiger partial charge in [0.2, 0.25) is 5.90 Å². The first kappa shape index (κ1) is 26.5. The minimum absolute atomic E-state index is 0. The molecule has 2 aromatic rings. The number of rotatable bonds is 6. The molecule has 0 radical (unpaired) electrons. The normalized spacial score (nSPS) is 12.6. The number of hydrogen-bond donors (Lipinski definition) is 2. The highest BCUT2D eigenvalue weighted by molar-refractivity contribution is 6.69. The standard InChI is InChI=1S/C9H12ClNO2Si.C8H10ClNO3.ClH/c1-14(2,3)13-8(6-11)7-4-5-9(10)12-7;1-2-12-8(10)7(11)5-3-4-6(9)13-5;/h4-5,8H,1-3H3;3-4,7,10-11H,2H2,1H3;1H. The van der Waals surface area contributed by atoms with Gasteiger partial charge in [-0.3, -0.25) is 5.41 Å². The third kappa shape index (κ3) is 9.15. The van der Waals surface area contributed by atoms with Gasteiger partial charge in [-0.1, -0.05) is 0 Å². The molecule has 0 saturated heterocycles. The fourth-order valence-corrected chi connectivity index (χ4v) is 2.99. The predicted octanol–water partition coefficient (Wildman–Crippen LogP) is 5.75. The van der Waals surface area contributed by atoms with Crippen molar-refractivity contribution >= 4 is 49.8 Å². The van der Waals surface area contributed by atoms with E-state index in [9.17, 15) is 5.11 Å². The summed E-state index contributed by atoms with van der Waals surface area (Å²) >= 11 is 11.1. The monoisotopic (exact) mass is 468 g/mol. The first-order chi connectivity index (χ1) is 12.6. The van der Waals surface area contributed by atoms with E-state index in [0.29, 0.717) is 12.4 Å². The molecule has 0 bridgehead atoms. The first-order valence-electron chi connectivity index (χ1n) is 8.04. The van der Waals surface area contributed by atoms with Crippen LogP contribution in [-0.4, -0.2) is 25.9 Å². The zero-order valence-corrected chi connectivity index (χ0v) is 19.2. The fourth-order valence-electron chi connectivity index (χ4n) is 1.81. The Hall–Kier alpha value is -1.47. The smallest absolute Gasteiger partial charge is 0.218 e. The van der Waals surface area contributed by atoms with Gasteiger partial charge >= 0.3 is 0 Å². The maximum Gasteiger partial charge on any atom is 0.218 e. The van der Waals surface area contributed by atoms with Gasteiger partial charge in [-0.2, -0.15) is 5.26 Å². The van der Waals surface area contributed by atoms with E-state index in [4.69, 9.17) is 51.9 Å². The van der Waals surface area contributed by atoms with Gasteiger partial charge in [0.25, 0.3) is 0 Å². The van der Waals surface area contributed by atoms with Crippen LogP contribution in [0, 0.1) is 16.7 Å². The fraction of sp³-hybridized carbons (Fsp3) is 0.412. The Bertz CT molecular complexity index is 782. The molecule has 2 heterocycles. The Balaban J connectivity index is 0.000000504. The molecule has 0 saturated carbocycles. The van der Waals surface area contributed by atoms with E-state index in [1.54, 1.807) is 19.1 Å². The topological polar surface area (TPSA) is 113 Å². The average Bonchev–Trinajstić information content (AvgIpc) is 3.20. The molecular formula is C17H23Cl3N2O5Si. The molecule has 2 N–H and O–H groups in total. The van der Waals surface area contributed by atoms with Crippen LogP contribution in [0.4, 0.5) is 0 Å². The van der Waals surface area contributed by atoms with Gasteiger partial charge in [-0.25, -0.2) is 0 Å². The molecule has 0 aromatic carbocycles. The zero-order valence-electron chi connectivity index (χ0n) is 15.9. The quantitative estimate of drug-likeness (QED) is 0.316. The number of ether oxygens (including phenoxy) is 1. The number of nitrogens with one attached hydrogen (secondary N) is 1. The van der Waals surface area contributed by atoms with E-state index in [-0.39, 0.29) is 34.5 Å². The summed E-state index contributed by atoms with van der Waals surface area (Å²) in [5.41, 5.74) is 0. The van der Waals surface area contributed by atoms with Crippen LogP contribution in [0.2, 0.25) is 30.1 Å². The molecule has 156 valence electrons. The van der Waals surface area contributed by atoms with Crippen LogP contribution in [0.25, 0.3) is 0 Å². The second-order valence-corrected chi connectivity index (χ2v) is 11.4. The number of aliphatic hydroxyl groups is 1. The Labute approximate surface area is 181 Å². The Morgan fingerprint density at radius 2 is 1.68 bits per heavy atom. The van der Waals surface area contributed by atoms with E-state index < -0.39 is 20.5 Å². The number of nitriles is 1. The second-order valence-electron chi connectivity index (χ2n) is 6.22. The summed E-state index contributed by atoms with van der Waals surface area (Å²) in [5.74, 6) is 0.442. The molecule has 11 heteroatoms. The molecule has 0 fully saturated rings. The molecule has 2 atom stereocenters. The van der Waals surface area contributed by atoms with Gasteiger partial charge in [0.1, 0.15) is 17.6 Å². The third-order valence-corrected chi connectivity index (χ3v) is 4.20. The highest BCUT2D eigenvalue weighted by atomic mass is 35.5. The van der Waals surface area contributed by atoms with Crippen molar-refractivity contribution in [2.45, 2.75) is 38.8 Å². The summed E-state index contributed by atoms with van der Waals surface area (Å²) in [5, 5.41) is 26.1. The number of hydrogen-bond acceptors (Lipinski definition) is 7. The minimum atomic E-state index is -1.74. The number of nitrogens with zero attached hydrogens (tertiary/aromatic N) is 1. The Kier molecular flexibility index (Phi) is 11.5. The van der Waals surface area contributed by atoms with Crippen molar-refractivity contribution < 1.29 is 23.1 Å². The molecule has 2 rings (SSSR count). The van der Waals surface area contributed by atoms with Crippen LogP contribution >= 0.6 is 35.6 Å². The third-order valence-electron chi connectivity index (χ3n) is 2.85. The molecule has 0 aliphatic rings. The predicted molar refractivity (Wildman–Crippen MR) is 112 cm³/mol. The van der Waals surface area contributed by atoms with E-state index in [1.165, 1.54) is 12.1 Å². The van der Waals surface area contributed by atoms with Crippen LogP contribution < -0.4 is 0 Å². The second kappa shape index (κ2) is 12.2. The maximum atomic E-state index is 9.43. The molecule has 0 aliphatic carbocycles. The molecule has 2 unspecified atom stereocenters. The van der Waals surface area contributed by atoms with Crippen LogP contribution in [-0.2, 0) is 9.16 Å². The SMILES string of the molecule is CCOC(=N)C(O)c1ccc(Cl)o1.C[Si](C)(C)OC(C#N)c1ccc(Cl)o1.Cl. The van der Waals surface area contributed by atoms with Crippen LogP contribution in [0.15, 0.2) is 33.1 Å². The molecular weight excluding hydrogens is 447 g/mol. The molecule has 0 aliphatic heterocycles. The van der Waals surface area contributed by atoms with Gasteiger partial charge in [-0.15, -0.1) is 12.4 Å². The van der Waals surface area contributed by atoms with Crippen LogP contribution in [0.5, 0.6) is 0 Å². The molecule has 0 spiro atoms. The summed E-state index contributed by atoms with van der Waals surface area (Å²) in [6.07, 6.45) is -1.82. The number of aliphatic hydroxyl groups excluding tert-OH is 1. The largest absolute Gasteiger partial charge is 0.479 e. The summed E-state index contributed by atoms with van der Waals surface area (Å²) in [6.45, 7) is 8.12. The average molecular weight is 470 g/mol. The first-order valence-corrected chi connectivity index (χ1v) is 12.2. The van der Waals surface area contributed by atoms with E-state index in [1.807, 2.05) is 25.7 Å². The molecule has 7 nitrogen and oxygen atoms in total. The van der Waals surface area contributed by atoms with Crippen molar-refractivity contribution in [2.75, 3.05) is 6.61 Å². The van der Waals surface area contributed by atoms with Crippen molar-refractivity contribution in [1.82, 2.24) is 0 Å². The van der Waals surface area contributed by atoms with Crippen LogP contribution in [0.3, 0.4) is 0 Å². The van der Waals surface area contributed by atoms with Crippen LogP contribution in [0.1, 0.15) is 30.7 Å². The zero-order chi connectivity index (χ0) is 20.6. The van der Waals surface area contributed by atoms with E-state index in [0.717, 1.165) is 0 Å². The van der Waals surface area contributed by atoms with Crippen molar-refractivity contribution in [3.8, 4) is 6.07 Å². The lowest BCUT2D eigenvalue weighted by Crippen LogP contribution is -2.27. The molecule has 2 aromatic heterocycles. The number of furan rings is 2. The van der Waals surface area contributed by atoms with Gasteiger partial charge in [0.05, 0.1) is 6.61 Å². The minimum Gasteiger partial charge on any atom is -0.479 e. The van der Waals surface area contributed by atoms with Crippen molar-refractivity contribution in [3.05, 3.63) is 46.2 Å². The van der Waals surface area contributed by atoms with Crippen molar-refractivity contribution in [1.29, 1.82) is 10.7 Å². The summed E-state index contributed by atoms with van der Waals surface area (Å²) in [7, 11) is -1.74. The lowest BCUT2D eigenvalue weighted by molar-refractivity contribution is 0.169. The van der Waals surface area contributed by atoms with Gasteiger partial charge in [0.15, 0.2) is 31.0 Å². The van der Waals surface area contributed by atoms with Crippen molar-refractivity contribution in [2.24, 2.45) is 0 Å². The van der Waals surface area contributed by atoms with E-state index >= 15 is 0 Å². The highest BCUT2D eigenvalue weighted by Crippen LogP contribution is 2.25. The summed E-state index contributed by atoms with van der Waals surface area (Å²) < 4.78 is 20.4. The Morgan fingerprint density at radius 1 is 1.18 bits per heavy atom. The van der Waals surface area contributed by atoms with Gasteiger partial charge < -0.3 is 23.1 Å². The van der Waals surface area contributed by atoms with Gasteiger partial charge in [0, 0.05) is 0 Å². The Morgan fingerprint density at radius 3 is 2.04 bits per heavy atom. The van der Waals surface area contributed by atoms with E-state index in [2.05, 4.69) is 0 Å². The molecule has 0 amide bonds. The van der Waals surface area contributed by atoms with Crippen molar-refractivity contribution in [3.63, 3.8) is 0 Å². The highest BCUT2D eigenvalue weighted by Gasteiger charge is 2.24. The summed E-state index contributed by atoms with van der Waals surface area (Å²) in [4.78, 5) is 0. The summed E-state index contributed by atoms with van der Waals surface area (Å²) in [6, 6.07) is 8.32.